The normalized spacial score (nSPS) is 15.2. The summed E-state index contributed by atoms with van der Waals surface area (Å²) in [4.78, 5) is 21.2. The Hall–Kier alpha value is -1.69. The van der Waals surface area contributed by atoms with Crippen LogP contribution >= 0.6 is 57.4 Å². The van der Waals surface area contributed by atoms with Gasteiger partial charge in [-0.2, -0.15) is 4.57 Å². The van der Waals surface area contributed by atoms with Crippen molar-refractivity contribution in [3.8, 4) is 0 Å². The first kappa shape index (κ1) is 24.4. The molecule has 0 bridgehead atoms. The molecule has 3 aromatic heterocycles. The van der Waals surface area contributed by atoms with Crippen LogP contribution in [0, 0.1) is 5.82 Å². The SMILES string of the molecule is CCn1c(=O)/c(=C2\Sc3cc(F)ccc3N2C)s/c1=C\c1scc[n+]1Cc1cnc(Cl)s1.[Cl-]. The van der Waals surface area contributed by atoms with Crippen molar-refractivity contribution in [1.29, 1.82) is 0 Å². The average Bonchev–Trinajstić information content (AvgIpc) is 3.51. The number of aromatic nitrogens is 3. The summed E-state index contributed by atoms with van der Waals surface area (Å²) in [5, 5.41) is 3.89. The second-order valence-corrected chi connectivity index (χ2v) is 11.7. The maximum absolute atomic E-state index is 13.7. The Morgan fingerprint density at radius 1 is 1.30 bits per heavy atom. The molecule has 0 radical (unpaired) electrons. The summed E-state index contributed by atoms with van der Waals surface area (Å²) in [6.07, 6.45) is 5.86. The van der Waals surface area contributed by atoms with Gasteiger partial charge in [-0.25, -0.2) is 9.37 Å². The zero-order valence-corrected chi connectivity index (χ0v) is 22.2. The molecule has 0 saturated heterocycles. The summed E-state index contributed by atoms with van der Waals surface area (Å²) < 4.78 is 19.7. The Kier molecular flexibility index (Phi) is 7.32. The van der Waals surface area contributed by atoms with Crippen LogP contribution in [0.1, 0.15) is 16.8 Å². The molecule has 0 atom stereocenters. The molecule has 1 aliphatic heterocycles. The van der Waals surface area contributed by atoms with Gasteiger partial charge in [-0.15, -0.1) is 22.7 Å². The van der Waals surface area contributed by atoms with E-state index >= 15 is 0 Å². The second-order valence-electron chi connectivity index (χ2n) is 6.99. The molecule has 0 amide bonds. The van der Waals surface area contributed by atoms with Crippen molar-refractivity contribution in [3.63, 3.8) is 0 Å². The predicted octanol–water partition coefficient (Wildman–Crippen LogP) is 0.717. The van der Waals surface area contributed by atoms with Crippen LogP contribution in [0.2, 0.25) is 4.47 Å². The summed E-state index contributed by atoms with van der Waals surface area (Å²) in [7, 11) is 1.92. The maximum Gasteiger partial charge on any atom is 0.271 e. The first-order valence-electron chi connectivity index (χ1n) is 9.68. The number of nitrogens with zero attached hydrogens (tertiary/aromatic N) is 4. The third-order valence-electron chi connectivity index (χ3n) is 5.03. The van der Waals surface area contributed by atoms with Gasteiger partial charge in [0.25, 0.3) is 10.6 Å². The molecular formula is C21H17Cl2FN4OS4. The number of thioether (sulfide) groups is 1. The van der Waals surface area contributed by atoms with Crippen LogP contribution in [0.4, 0.5) is 10.1 Å². The molecule has 4 heterocycles. The van der Waals surface area contributed by atoms with Gasteiger partial charge in [0.15, 0.2) is 17.2 Å². The molecule has 0 N–H and O–H groups in total. The minimum absolute atomic E-state index is 0. The molecule has 0 aliphatic carbocycles. The molecular weight excluding hydrogens is 542 g/mol. The van der Waals surface area contributed by atoms with Gasteiger partial charge in [0.1, 0.15) is 20.0 Å². The Bertz CT molecular complexity index is 1510. The highest BCUT2D eigenvalue weighted by Gasteiger charge is 2.25. The van der Waals surface area contributed by atoms with Crippen LogP contribution in [0.3, 0.4) is 0 Å². The van der Waals surface area contributed by atoms with Crippen molar-refractivity contribution in [2.24, 2.45) is 0 Å². The lowest BCUT2D eigenvalue weighted by molar-refractivity contribution is -0.684. The van der Waals surface area contributed by atoms with E-state index in [0.29, 0.717) is 22.1 Å². The van der Waals surface area contributed by atoms with E-state index in [1.165, 1.54) is 46.6 Å². The monoisotopic (exact) mass is 558 g/mol. The van der Waals surface area contributed by atoms with E-state index in [9.17, 15) is 9.18 Å². The standard InChI is InChI=1S/C21H17ClFN4OS4.ClH/c1-3-27-17(9-16-26(6-7-29-16)11-13-10-24-21(22)30-13)32-18(19(27)28)20-25(2)14-5-4-12(23)8-15(14)31-20;/h4-10H,3,11H2,1-2H3;1H/q+1;/p-1/b20-18+;. The van der Waals surface area contributed by atoms with Crippen LogP contribution in [-0.4, -0.2) is 16.6 Å². The Morgan fingerprint density at radius 3 is 2.85 bits per heavy atom. The molecule has 0 unspecified atom stereocenters. The quantitative estimate of drug-likeness (QED) is 0.346. The van der Waals surface area contributed by atoms with E-state index in [-0.39, 0.29) is 23.8 Å². The lowest BCUT2D eigenvalue weighted by atomic mass is 10.3. The Labute approximate surface area is 216 Å². The second kappa shape index (κ2) is 9.89. The lowest BCUT2D eigenvalue weighted by Gasteiger charge is -2.12. The maximum atomic E-state index is 13.7. The van der Waals surface area contributed by atoms with Crippen molar-refractivity contribution in [1.82, 2.24) is 9.55 Å². The third kappa shape index (κ3) is 4.65. The molecule has 33 heavy (non-hydrogen) atoms. The summed E-state index contributed by atoms with van der Waals surface area (Å²) >= 11 is 12.0. The van der Waals surface area contributed by atoms with Crippen molar-refractivity contribution in [2.75, 3.05) is 11.9 Å². The molecule has 172 valence electrons. The number of hydrogen-bond acceptors (Lipinski definition) is 7. The number of anilines is 1. The highest BCUT2D eigenvalue weighted by molar-refractivity contribution is 8.08. The van der Waals surface area contributed by atoms with Gasteiger partial charge in [0, 0.05) is 24.7 Å². The molecule has 0 saturated carbocycles. The fourth-order valence-corrected chi connectivity index (χ4v) is 7.81. The number of benzene rings is 1. The fourth-order valence-electron chi connectivity index (χ4n) is 3.49. The number of hydrogen-bond donors (Lipinski definition) is 0. The first-order chi connectivity index (χ1) is 15.4. The zero-order valence-electron chi connectivity index (χ0n) is 17.4. The van der Waals surface area contributed by atoms with Gasteiger partial charge in [0.2, 0.25) is 0 Å². The van der Waals surface area contributed by atoms with E-state index in [0.717, 1.165) is 30.2 Å². The van der Waals surface area contributed by atoms with Crippen molar-refractivity contribution < 1.29 is 21.4 Å². The summed E-state index contributed by atoms with van der Waals surface area (Å²) in [5.41, 5.74) is 0.885. The Morgan fingerprint density at radius 2 is 2.12 bits per heavy atom. The fraction of sp³-hybridized carbons (Fsp3) is 0.190. The number of halogens is 3. The minimum atomic E-state index is -0.276. The Balaban J connectivity index is 0.00000259. The van der Waals surface area contributed by atoms with Gasteiger partial charge >= 0.3 is 0 Å². The van der Waals surface area contributed by atoms with Crippen LogP contribution < -0.4 is 36.6 Å². The molecule has 0 spiro atoms. The van der Waals surface area contributed by atoms with Gasteiger partial charge in [0.05, 0.1) is 22.0 Å². The van der Waals surface area contributed by atoms with E-state index < -0.39 is 0 Å². The van der Waals surface area contributed by atoms with Crippen LogP contribution in [0.15, 0.2) is 45.7 Å². The van der Waals surface area contributed by atoms with E-state index in [4.69, 9.17) is 11.6 Å². The summed E-state index contributed by atoms with van der Waals surface area (Å²) in [6.45, 7) is 3.21. The number of thiazole rings is 3. The lowest BCUT2D eigenvalue weighted by Crippen LogP contribution is -3.00. The van der Waals surface area contributed by atoms with Crippen molar-refractivity contribution in [3.05, 3.63) is 75.7 Å². The van der Waals surface area contributed by atoms with Gasteiger partial charge in [-0.1, -0.05) is 34.7 Å². The topological polar surface area (TPSA) is 42.0 Å². The smallest absolute Gasteiger partial charge is 0.271 e. The third-order valence-corrected chi connectivity index (χ3v) is 9.45. The number of fused-ring (bicyclic) bond motifs is 1. The predicted molar refractivity (Wildman–Crippen MR) is 132 cm³/mol. The minimum Gasteiger partial charge on any atom is -1.00 e. The molecule has 12 heteroatoms. The highest BCUT2D eigenvalue weighted by Crippen LogP contribution is 2.45. The van der Waals surface area contributed by atoms with E-state index in [1.807, 2.05) is 30.4 Å². The molecule has 1 aliphatic rings. The van der Waals surface area contributed by atoms with Crippen molar-refractivity contribution >= 4 is 74.2 Å². The van der Waals surface area contributed by atoms with Gasteiger partial charge < -0.3 is 17.3 Å². The van der Waals surface area contributed by atoms with Crippen LogP contribution in [0.25, 0.3) is 11.1 Å². The van der Waals surface area contributed by atoms with Gasteiger partial charge in [-0.3, -0.25) is 9.36 Å². The zero-order chi connectivity index (χ0) is 22.4. The molecule has 1 aromatic carbocycles. The largest absolute Gasteiger partial charge is 1.00 e. The van der Waals surface area contributed by atoms with Crippen LogP contribution in [0.5, 0.6) is 0 Å². The average molecular weight is 560 g/mol. The van der Waals surface area contributed by atoms with Crippen molar-refractivity contribution in [2.45, 2.75) is 24.9 Å². The van der Waals surface area contributed by atoms with E-state index in [2.05, 4.69) is 15.6 Å². The number of rotatable bonds is 4. The van der Waals surface area contributed by atoms with Gasteiger partial charge in [-0.05, 0) is 25.1 Å². The highest BCUT2D eigenvalue weighted by atomic mass is 35.5. The molecule has 5 rings (SSSR count). The summed E-state index contributed by atoms with van der Waals surface area (Å²) in [5.74, 6) is -0.276. The molecule has 0 fully saturated rings. The molecule has 5 nitrogen and oxygen atoms in total. The first-order valence-corrected chi connectivity index (χ1v) is 13.4. The summed E-state index contributed by atoms with van der Waals surface area (Å²) in [6, 6.07) is 4.72. The molecule has 4 aromatic rings. The van der Waals surface area contributed by atoms with Crippen LogP contribution in [-0.2, 0) is 13.1 Å². The van der Waals surface area contributed by atoms with E-state index in [1.54, 1.807) is 28.2 Å².